The van der Waals surface area contributed by atoms with Crippen molar-refractivity contribution in [1.29, 1.82) is 0 Å². The van der Waals surface area contributed by atoms with Gasteiger partial charge in [0.25, 0.3) is 5.91 Å². The number of hydrogen-bond donors (Lipinski definition) is 3. The lowest BCUT2D eigenvalue weighted by atomic mass is 10.1. The van der Waals surface area contributed by atoms with E-state index in [1.807, 2.05) is 0 Å². The van der Waals surface area contributed by atoms with Crippen molar-refractivity contribution in [2.75, 3.05) is 7.05 Å². The van der Waals surface area contributed by atoms with E-state index in [2.05, 4.69) is 15.3 Å². The minimum Gasteiger partial charge on any atom is -0.506 e. The number of benzene rings is 1. The van der Waals surface area contributed by atoms with Gasteiger partial charge in [0, 0.05) is 18.0 Å². The first kappa shape index (κ1) is 17.7. The number of rotatable bonds is 3. The van der Waals surface area contributed by atoms with Crippen LogP contribution in [0.5, 0.6) is 5.75 Å². The van der Waals surface area contributed by atoms with Gasteiger partial charge in [0.1, 0.15) is 17.0 Å². The van der Waals surface area contributed by atoms with Crippen molar-refractivity contribution >= 4 is 16.8 Å². The SMILES string of the molecule is CNC(=O)c1nc(-c2ccc(O)c3nc(C(F)(F)F)ccc23)oc1CN. The number of fused-ring (bicyclic) bond motifs is 1. The molecule has 7 nitrogen and oxygen atoms in total. The lowest BCUT2D eigenvalue weighted by Crippen LogP contribution is -2.20. The molecule has 0 aliphatic heterocycles. The molecule has 3 rings (SSSR count). The third-order valence-corrected chi connectivity index (χ3v) is 3.68. The Labute approximate surface area is 144 Å². The van der Waals surface area contributed by atoms with E-state index in [1.54, 1.807) is 0 Å². The number of hydrogen-bond acceptors (Lipinski definition) is 6. The Morgan fingerprint density at radius 2 is 2.00 bits per heavy atom. The highest BCUT2D eigenvalue weighted by atomic mass is 19.4. The third kappa shape index (κ3) is 2.94. The van der Waals surface area contributed by atoms with Crippen LogP contribution >= 0.6 is 0 Å². The van der Waals surface area contributed by atoms with E-state index in [4.69, 9.17) is 10.2 Å². The first-order valence-corrected chi connectivity index (χ1v) is 7.38. The molecule has 0 saturated carbocycles. The van der Waals surface area contributed by atoms with E-state index >= 15 is 0 Å². The predicted octanol–water partition coefficient (Wildman–Crippen LogP) is 2.43. The fraction of sp³-hybridized carbons (Fsp3) is 0.188. The number of alkyl halides is 3. The topological polar surface area (TPSA) is 114 Å². The van der Waals surface area contributed by atoms with Gasteiger partial charge in [0.15, 0.2) is 11.5 Å². The van der Waals surface area contributed by atoms with Crippen LogP contribution in [0.3, 0.4) is 0 Å². The highest BCUT2D eigenvalue weighted by Crippen LogP contribution is 2.36. The Balaban J connectivity index is 2.22. The molecule has 2 heterocycles. The summed E-state index contributed by atoms with van der Waals surface area (Å²) in [6.07, 6.45) is -4.65. The number of aromatic hydroxyl groups is 1. The largest absolute Gasteiger partial charge is 0.506 e. The molecule has 0 aliphatic carbocycles. The average molecular weight is 366 g/mol. The van der Waals surface area contributed by atoms with Gasteiger partial charge in [-0.1, -0.05) is 0 Å². The number of carbonyl (C=O) groups is 1. The van der Waals surface area contributed by atoms with Gasteiger partial charge < -0.3 is 20.6 Å². The van der Waals surface area contributed by atoms with Gasteiger partial charge in [-0.3, -0.25) is 4.79 Å². The molecular formula is C16H13F3N4O3. The van der Waals surface area contributed by atoms with Crippen LogP contribution in [0, 0.1) is 0 Å². The first-order valence-electron chi connectivity index (χ1n) is 7.38. The van der Waals surface area contributed by atoms with Crippen molar-refractivity contribution in [3.63, 3.8) is 0 Å². The quantitative estimate of drug-likeness (QED) is 0.656. The maximum absolute atomic E-state index is 12.9. The number of halogens is 3. The summed E-state index contributed by atoms with van der Waals surface area (Å²) in [6, 6.07) is 4.53. The van der Waals surface area contributed by atoms with Gasteiger partial charge in [-0.15, -0.1) is 0 Å². The summed E-state index contributed by atoms with van der Waals surface area (Å²) in [4.78, 5) is 19.4. The van der Waals surface area contributed by atoms with Crippen molar-refractivity contribution < 1.29 is 27.5 Å². The Bertz CT molecular complexity index is 998. The van der Waals surface area contributed by atoms with Crippen molar-refractivity contribution in [2.24, 2.45) is 5.73 Å². The maximum atomic E-state index is 12.9. The number of pyridine rings is 1. The first-order chi connectivity index (χ1) is 12.3. The van der Waals surface area contributed by atoms with Crippen molar-refractivity contribution in [2.45, 2.75) is 12.7 Å². The number of nitrogens with zero attached hydrogens (tertiary/aromatic N) is 2. The molecule has 0 bridgehead atoms. The van der Waals surface area contributed by atoms with E-state index in [9.17, 15) is 23.1 Å². The van der Waals surface area contributed by atoms with Crippen molar-refractivity contribution in [3.05, 3.63) is 41.4 Å². The van der Waals surface area contributed by atoms with Gasteiger partial charge in [-0.05, 0) is 24.3 Å². The van der Waals surface area contributed by atoms with Crippen molar-refractivity contribution in [1.82, 2.24) is 15.3 Å². The summed E-state index contributed by atoms with van der Waals surface area (Å²) in [7, 11) is 1.41. The minimum atomic E-state index is -4.65. The van der Waals surface area contributed by atoms with Crippen LogP contribution in [0.15, 0.2) is 28.7 Å². The van der Waals surface area contributed by atoms with Crippen LogP contribution in [0.1, 0.15) is 21.9 Å². The maximum Gasteiger partial charge on any atom is 0.433 e. The molecule has 136 valence electrons. The molecule has 10 heteroatoms. The molecule has 0 aliphatic rings. The summed E-state index contributed by atoms with van der Waals surface area (Å²) < 4.78 is 44.1. The van der Waals surface area contributed by atoms with Crippen LogP contribution < -0.4 is 11.1 Å². The van der Waals surface area contributed by atoms with E-state index < -0.39 is 23.5 Å². The van der Waals surface area contributed by atoms with Gasteiger partial charge in [-0.25, -0.2) is 9.97 Å². The fourth-order valence-electron chi connectivity index (χ4n) is 2.45. The van der Waals surface area contributed by atoms with Crippen LogP contribution in [0.4, 0.5) is 13.2 Å². The summed E-state index contributed by atoms with van der Waals surface area (Å²) in [6.45, 7) is -0.0950. The van der Waals surface area contributed by atoms with E-state index in [1.165, 1.54) is 19.2 Å². The van der Waals surface area contributed by atoms with Crippen LogP contribution in [0.25, 0.3) is 22.4 Å². The zero-order valence-corrected chi connectivity index (χ0v) is 13.4. The van der Waals surface area contributed by atoms with Crippen LogP contribution in [-0.2, 0) is 12.7 Å². The number of oxazole rings is 1. The second-order valence-corrected chi connectivity index (χ2v) is 5.30. The summed E-state index contributed by atoms with van der Waals surface area (Å²) in [5.41, 5.74) is 4.40. The number of phenols is 1. The predicted molar refractivity (Wildman–Crippen MR) is 85.2 cm³/mol. The molecule has 0 fully saturated rings. The average Bonchev–Trinajstić information content (AvgIpc) is 3.04. The van der Waals surface area contributed by atoms with Crippen molar-refractivity contribution in [3.8, 4) is 17.2 Å². The molecule has 1 aromatic carbocycles. The highest BCUT2D eigenvalue weighted by molar-refractivity contribution is 5.97. The van der Waals surface area contributed by atoms with Gasteiger partial charge in [0.05, 0.1) is 6.54 Å². The molecule has 0 unspecified atom stereocenters. The monoisotopic (exact) mass is 366 g/mol. The fourth-order valence-corrected chi connectivity index (χ4v) is 2.45. The molecule has 0 saturated heterocycles. The molecular weight excluding hydrogens is 353 g/mol. The second-order valence-electron chi connectivity index (χ2n) is 5.30. The Kier molecular flexibility index (Phi) is 4.28. The third-order valence-electron chi connectivity index (χ3n) is 3.68. The molecule has 2 aromatic heterocycles. The molecule has 0 radical (unpaired) electrons. The second kappa shape index (κ2) is 6.30. The molecule has 4 N–H and O–H groups in total. The Hall–Kier alpha value is -3.14. The number of nitrogens with two attached hydrogens (primary N) is 1. The van der Waals surface area contributed by atoms with E-state index in [0.717, 1.165) is 12.1 Å². The number of carbonyl (C=O) groups excluding carboxylic acids is 1. The van der Waals surface area contributed by atoms with E-state index in [0.29, 0.717) is 0 Å². The van der Waals surface area contributed by atoms with Crippen LogP contribution in [-0.4, -0.2) is 28.0 Å². The number of aromatic nitrogens is 2. The molecule has 0 atom stereocenters. The number of phenolic OH excluding ortho intramolecular Hbond substituents is 1. The Morgan fingerprint density at radius 3 is 2.62 bits per heavy atom. The van der Waals surface area contributed by atoms with Gasteiger partial charge >= 0.3 is 6.18 Å². The summed E-state index contributed by atoms with van der Waals surface area (Å²) >= 11 is 0. The highest BCUT2D eigenvalue weighted by Gasteiger charge is 2.33. The zero-order valence-electron chi connectivity index (χ0n) is 13.4. The zero-order chi connectivity index (χ0) is 19.1. The lowest BCUT2D eigenvalue weighted by Gasteiger charge is -2.09. The lowest BCUT2D eigenvalue weighted by molar-refractivity contribution is -0.140. The summed E-state index contributed by atoms with van der Waals surface area (Å²) in [5.74, 6) is -0.830. The molecule has 0 spiro atoms. The minimum absolute atomic E-state index is 0.0180. The van der Waals surface area contributed by atoms with Gasteiger partial charge in [-0.2, -0.15) is 13.2 Å². The molecule has 26 heavy (non-hydrogen) atoms. The van der Waals surface area contributed by atoms with Gasteiger partial charge in [0.2, 0.25) is 5.89 Å². The smallest absolute Gasteiger partial charge is 0.433 e. The number of amides is 1. The van der Waals surface area contributed by atoms with E-state index in [-0.39, 0.29) is 40.4 Å². The van der Waals surface area contributed by atoms with Crippen LogP contribution in [0.2, 0.25) is 0 Å². The Morgan fingerprint density at radius 1 is 1.27 bits per heavy atom. The summed E-state index contributed by atoms with van der Waals surface area (Å²) in [5, 5.41) is 12.5. The number of nitrogens with one attached hydrogen (secondary N) is 1. The normalized spacial score (nSPS) is 11.7. The molecule has 1 amide bonds. The standard InChI is InChI=1S/C16H13F3N4O3/c1-21-14(25)13-10(6-20)26-15(23-13)8-2-4-9(24)12-7(8)3-5-11(22-12)16(17,18)19/h2-5,24H,6,20H2,1H3,(H,21,25). The molecule has 3 aromatic rings.